The first kappa shape index (κ1) is 18.1. The van der Waals surface area contributed by atoms with Crippen LogP contribution < -0.4 is 5.56 Å². The monoisotopic (exact) mass is 337 g/mol. The van der Waals surface area contributed by atoms with Crippen molar-refractivity contribution in [2.24, 2.45) is 5.41 Å². The standard InChI is InChI=1S/C16H23N3O5/c1-12-4-5-13(20)19(17-12)10-14(21)18-8-3-6-16(11-18,15(22)23)7-9-24-2/h4-5H,3,6-11H2,1-2H3,(H,22,23). The van der Waals surface area contributed by atoms with Gasteiger partial charge in [0.05, 0.1) is 11.1 Å². The van der Waals surface area contributed by atoms with Crippen LogP contribution in [0, 0.1) is 12.3 Å². The number of rotatable bonds is 6. The summed E-state index contributed by atoms with van der Waals surface area (Å²) in [7, 11) is 1.52. The SMILES string of the molecule is COCCC1(C(=O)O)CCCN(C(=O)Cn2nc(C)ccc2=O)C1. The quantitative estimate of drug-likeness (QED) is 0.800. The third kappa shape index (κ3) is 4.00. The van der Waals surface area contributed by atoms with Gasteiger partial charge in [0.25, 0.3) is 5.56 Å². The molecule has 8 nitrogen and oxygen atoms in total. The number of hydrogen-bond acceptors (Lipinski definition) is 5. The van der Waals surface area contributed by atoms with Gasteiger partial charge >= 0.3 is 5.97 Å². The highest BCUT2D eigenvalue weighted by molar-refractivity contribution is 5.79. The van der Waals surface area contributed by atoms with Crippen LogP contribution in [-0.4, -0.2) is 58.5 Å². The van der Waals surface area contributed by atoms with E-state index in [4.69, 9.17) is 4.74 Å². The number of likely N-dealkylation sites (tertiary alicyclic amines) is 1. The maximum absolute atomic E-state index is 12.5. The molecule has 1 aliphatic rings. The summed E-state index contributed by atoms with van der Waals surface area (Å²) in [6.07, 6.45) is 1.47. The van der Waals surface area contributed by atoms with Gasteiger partial charge in [-0.05, 0) is 32.3 Å². The zero-order chi connectivity index (χ0) is 17.7. The number of carboxylic acid groups (broad SMARTS) is 1. The van der Waals surface area contributed by atoms with Gasteiger partial charge in [0.15, 0.2) is 0 Å². The minimum Gasteiger partial charge on any atom is -0.481 e. The molecular formula is C16H23N3O5. The van der Waals surface area contributed by atoms with E-state index in [1.807, 2.05) is 0 Å². The Kier molecular flexibility index (Phi) is 5.71. The predicted molar refractivity (Wildman–Crippen MR) is 85.6 cm³/mol. The second kappa shape index (κ2) is 7.57. The average molecular weight is 337 g/mol. The largest absolute Gasteiger partial charge is 0.481 e. The van der Waals surface area contributed by atoms with Gasteiger partial charge in [-0.2, -0.15) is 5.10 Å². The number of carbonyl (C=O) groups is 2. The lowest BCUT2D eigenvalue weighted by Gasteiger charge is -2.39. The molecule has 0 aliphatic carbocycles. The molecule has 1 N–H and O–H groups in total. The van der Waals surface area contributed by atoms with E-state index in [1.165, 1.54) is 18.1 Å². The van der Waals surface area contributed by atoms with E-state index in [-0.39, 0.29) is 24.6 Å². The minimum atomic E-state index is -0.991. The van der Waals surface area contributed by atoms with Gasteiger partial charge in [-0.15, -0.1) is 0 Å². The highest BCUT2D eigenvalue weighted by atomic mass is 16.5. The number of aromatic nitrogens is 2. The van der Waals surface area contributed by atoms with Gasteiger partial charge in [0, 0.05) is 32.9 Å². The molecule has 0 aromatic carbocycles. The fraction of sp³-hybridized carbons (Fsp3) is 0.625. The second-order valence-electron chi connectivity index (χ2n) is 6.22. The molecule has 0 radical (unpaired) electrons. The third-order valence-electron chi connectivity index (χ3n) is 4.45. The maximum atomic E-state index is 12.5. The molecule has 1 atom stereocenters. The normalized spacial score (nSPS) is 20.8. The van der Waals surface area contributed by atoms with Crippen LogP contribution in [0.1, 0.15) is 25.0 Å². The first-order valence-electron chi connectivity index (χ1n) is 7.93. The molecule has 1 saturated heterocycles. The molecule has 1 unspecified atom stereocenters. The molecule has 8 heteroatoms. The molecule has 2 rings (SSSR count). The molecule has 1 aromatic heterocycles. The highest BCUT2D eigenvalue weighted by Gasteiger charge is 2.43. The Morgan fingerprint density at radius 3 is 2.83 bits per heavy atom. The van der Waals surface area contributed by atoms with Crippen LogP contribution in [0.15, 0.2) is 16.9 Å². The molecule has 1 aromatic rings. The Morgan fingerprint density at radius 2 is 2.17 bits per heavy atom. The van der Waals surface area contributed by atoms with Crippen LogP contribution in [0.3, 0.4) is 0 Å². The van der Waals surface area contributed by atoms with E-state index in [9.17, 15) is 19.5 Å². The molecule has 0 spiro atoms. The van der Waals surface area contributed by atoms with E-state index in [2.05, 4.69) is 5.10 Å². The molecule has 0 bridgehead atoms. The summed E-state index contributed by atoms with van der Waals surface area (Å²) in [5.41, 5.74) is -0.703. The van der Waals surface area contributed by atoms with E-state index in [0.29, 0.717) is 38.1 Å². The number of aliphatic carboxylic acids is 1. The summed E-state index contributed by atoms with van der Waals surface area (Å²) in [5.74, 6) is -1.21. The summed E-state index contributed by atoms with van der Waals surface area (Å²) in [6, 6.07) is 2.95. The van der Waals surface area contributed by atoms with E-state index in [1.54, 1.807) is 13.0 Å². The predicted octanol–water partition coefficient (Wildman–Crippen LogP) is 0.282. The Hall–Kier alpha value is -2.22. The number of nitrogens with zero attached hydrogens (tertiary/aromatic N) is 3. The van der Waals surface area contributed by atoms with Gasteiger partial charge in [-0.3, -0.25) is 14.4 Å². The topological polar surface area (TPSA) is 102 Å². The van der Waals surface area contributed by atoms with Crippen molar-refractivity contribution in [1.82, 2.24) is 14.7 Å². The number of aryl methyl sites for hydroxylation is 1. The molecule has 0 saturated carbocycles. The van der Waals surface area contributed by atoms with Gasteiger partial charge in [0.2, 0.25) is 5.91 Å². The van der Waals surface area contributed by atoms with Crippen molar-refractivity contribution in [3.05, 3.63) is 28.2 Å². The Balaban J connectivity index is 2.13. The number of hydrogen-bond donors (Lipinski definition) is 1. The lowest BCUT2D eigenvalue weighted by atomic mass is 9.77. The molecule has 1 aliphatic heterocycles. The van der Waals surface area contributed by atoms with Gasteiger partial charge in [-0.1, -0.05) is 0 Å². The van der Waals surface area contributed by atoms with E-state index in [0.717, 1.165) is 4.68 Å². The molecule has 1 amide bonds. The van der Waals surface area contributed by atoms with Crippen molar-refractivity contribution >= 4 is 11.9 Å². The molecule has 24 heavy (non-hydrogen) atoms. The number of ether oxygens (including phenoxy) is 1. The van der Waals surface area contributed by atoms with Crippen LogP contribution in [0.25, 0.3) is 0 Å². The Bertz CT molecular complexity index is 672. The second-order valence-corrected chi connectivity index (χ2v) is 6.22. The first-order valence-corrected chi connectivity index (χ1v) is 7.93. The lowest BCUT2D eigenvalue weighted by molar-refractivity contribution is -0.156. The summed E-state index contributed by atoms with van der Waals surface area (Å²) >= 11 is 0. The highest BCUT2D eigenvalue weighted by Crippen LogP contribution is 2.34. The molecule has 1 fully saturated rings. The average Bonchev–Trinajstić information content (AvgIpc) is 2.56. The number of amides is 1. The van der Waals surface area contributed by atoms with Crippen LogP contribution >= 0.6 is 0 Å². The Morgan fingerprint density at radius 1 is 1.42 bits per heavy atom. The molecular weight excluding hydrogens is 314 g/mol. The number of methoxy groups -OCH3 is 1. The maximum Gasteiger partial charge on any atom is 0.311 e. The number of piperidine rings is 1. The van der Waals surface area contributed by atoms with Gasteiger partial charge in [-0.25, -0.2) is 4.68 Å². The van der Waals surface area contributed by atoms with Crippen LogP contribution in [-0.2, 0) is 20.9 Å². The van der Waals surface area contributed by atoms with Crippen LogP contribution in [0.4, 0.5) is 0 Å². The molecule has 132 valence electrons. The fourth-order valence-corrected chi connectivity index (χ4v) is 3.02. The fourth-order valence-electron chi connectivity index (χ4n) is 3.02. The summed E-state index contributed by atoms with van der Waals surface area (Å²) < 4.78 is 6.13. The molecule has 2 heterocycles. The van der Waals surface area contributed by atoms with Crippen molar-refractivity contribution in [2.45, 2.75) is 32.7 Å². The summed E-state index contributed by atoms with van der Waals surface area (Å²) in [5, 5.41) is 13.7. The van der Waals surface area contributed by atoms with E-state index < -0.39 is 11.4 Å². The van der Waals surface area contributed by atoms with Crippen LogP contribution in [0.5, 0.6) is 0 Å². The van der Waals surface area contributed by atoms with Gasteiger partial charge < -0.3 is 14.7 Å². The van der Waals surface area contributed by atoms with Crippen LogP contribution in [0.2, 0.25) is 0 Å². The number of carbonyl (C=O) groups excluding carboxylic acids is 1. The van der Waals surface area contributed by atoms with E-state index >= 15 is 0 Å². The van der Waals surface area contributed by atoms with Crippen molar-refractivity contribution in [3.63, 3.8) is 0 Å². The lowest BCUT2D eigenvalue weighted by Crippen LogP contribution is -2.51. The number of carboxylic acids is 1. The zero-order valence-electron chi connectivity index (χ0n) is 14.0. The van der Waals surface area contributed by atoms with Crippen molar-refractivity contribution in [2.75, 3.05) is 26.8 Å². The van der Waals surface area contributed by atoms with Crippen molar-refractivity contribution in [3.8, 4) is 0 Å². The Labute approximate surface area is 140 Å². The zero-order valence-corrected chi connectivity index (χ0v) is 14.0. The minimum absolute atomic E-state index is 0.130. The third-order valence-corrected chi connectivity index (χ3v) is 4.45. The van der Waals surface area contributed by atoms with Crippen molar-refractivity contribution < 1.29 is 19.4 Å². The smallest absolute Gasteiger partial charge is 0.311 e. The first-order chi connectivity index (χ1) is 11.4. The summed E-state index contributed by atoms with van der Waals surface area (Å²) in [4.78, 5) is 37.6. The van der Waals surface area contributed by atoms with Crippen molar-refractivity contribution in [1.29, 1.82) is 0 Å². The van der Waals surface area contributed by atoms with Gasteiger partial charge in [0.1, 0.15) is 6.54 Å². The summed E-state index contributed by atoms with van der Waals surface area (Å²) in [6.45, 7) is 2.50.